The number of pyridine rings is 2. The van der Waals surface area contributed by atoms with Gasteiger partial charge >= 0.3 is 0 Å². The van der Waals surface area contributed by atoms with Crippen molar-refractivity contribution in [2.45, 2.75) is 38.4 Å². The molecule has 7 nitrogen and oxygen atoms in total. The number of ether oxygens (including phenoxy) is 1. The summed E-state index contributed by atoms with van der Waals surface area (Å²) in [5.41, 5.74) is 1.97. The number of amides is 2. The Hall–Kier alpha value is -2.87. The zero-order valence-electron chi connectivity index (χ0n) is 16.2. The summed E-state index contributed by atoms with van der Waals surface area (Å²) in [5, 5.41) is 2.89. The van der Waals surface area contributed by atoms with Gasteiger partial charge in [-0.05, 0) is 49.9 Å². The lowest BCUT2D eigenvalue weighted by atomic mass is 9.91. The Morgan fingerprint density at radius 2 is 2.17 bits per heavy atom. The Bertz CT molecular complexity index is 905. The lowest BCUT2D eigenvalue weighted by Gasteiger charge is -2.34. The molecule has 0 radical (unpaired) electrons. The van der Waals surface area contributed by atoms with E-state index >= 15 is 0 Å². The molecule has 3 atom stereocenters. The third kappa shape index (κ3) is 4.42. The number of halogens is 1. The van der Waals surface area contributed by atoms with E-state index in [9.17, 15) is 14.0 Å². The number of anilines is 1. The van der Waals surface area contributed by atoms with Gasteiger partial charge in [0, 0.05) is 25.0 Å². The number of aromatic nitrogens is 2. The van der Waals surface area contributed by atoms with E-state index in [4.69, 9.17) is 4.74 Å². The van der Waals surface area contributed by atoms with Crippen molar-refractivity contribution in [3.05, 3.63) is 53.9 Å². The van der Waals surface area contributed by atoms with Gasteiger partial charge in [0.05, 0.1) is 30.1 Å². The molecule has 152 valence electrons. The summed E-state index contributed by atoms with van der Waals surface area (Å²) in [6.45, 7) is 2.92. The first kappa shape index (κ1) is 19.4. The molecule has 0 saturated carbocycles. The minimum atomic E-state index is -0.529. The number of rotatable bonds is 4. The van der Waals surface area contributed by atoms with Crippen LogP contribution >= 0.6 is 0 Å². The predicted molar refractivity (Wildman–Crippen MR) is 103 cm³/mol. The largest absolute Gasteiger partial charge is 0.363 e. The summed E-state index contributed by atoms with van der Waals surface area (Å²) in [6, 6.07) is 6.41. The minimum absolute atomic E-state index is 0.0648. The summed E-state index contributed by atoms with van der Waals surface area (Å²) < 4.78 is 19.0. The van der Waals surface area contributed by atoms with Crippen LogP contribution in [0.3, 0.4) is 0 Å². The Morgan fingerprint density at radius 1 is 1.31 bits per heavy atom. The fourth-order valence-corrected chi connectivity index (χ4v) is 3.93. The minimum Gasteiger partial charge on any atom is -0.363 e. The molecule has 0 aliphatic carbocycles. The highest BCUT2D eigenvalue weighted by atomic mass is 19.1. The van der Waals surface area contributed by atoms with E-state index in [-0.39, 0.29) is 30.3 Å². The molecule has 0 aromatic carbocycles. The van der Waals surface area contributed by atoms with E-state index in [1.54, 1.807) is 17.2 Å². The Morgan fingerprint density at radius 3 is 2.93 bits per heavy atom. The molecule has 1 unspecified atom stereocenters. The molecule has 2 aromatic heterocycles. The van der Waals surface area contributed by atoms with Crippen LogP contribution in [0.5, 0.6) is 0 Å². The molecular weight excluding hydrogens is 375 g/mol. The lowest BCUT2D eigenvalue weighted by molar-refractivity contribution is -0.136. The van der Waals surface area contributed by atoms with E-state index < -0.39 is 11.9 Å². The van der Waals surface area contributed by atoms with Crippen molar-refractivity contribution in [3.8, 4) is 0 Å². The first-order valence-corrected chi connectivity index (χ1v) is 9.76. The van der Waals surface area contributed by atoms with Gasteiger partial charge in [-0.2, -0.15) is 0 Å². The third-order valence-electron chi connectivity index (χ3n) is 5.58. The smallest absolute Gasteiger partial charge is 0.253 e. The van der Waals surface area contributed by atoms with Crippen LogP contribution in [0.2, 0.25) is 0 Å². The molecule has 0 bridgehead atoms. The van der Waals surface area contributed by atoms with Crippen LogP contribution in [0.25, 0.3) is 0 Å². The van der Waals surface area contributed by atoms with Crippen LogP contribution in [-0.4, -0.2) is 52.0 Å². The lowest BCUT2D eigenvalue weighted by Crippen LogP contribution is -2.46. The van der Waals surface area contributed by atoms with E-state index in [0.29, 0.717) is 30.9 Å². The number of fused-ring (bicyclic) bond motifs is 1. The Labute approximate surface area is 168 Å². The molecule has 2 aromatic rings. The molecule has 4 rings (SSSR count). The molecule has 2 fully saturated rings. The summed E-state index contributed by atoms with van der Waals surface area (Å²) in [4.78, 5) is 35.1. The average Bonchev–Trinajstić information content (AvgIpc) is 3.15. The molecule has 29 heavy (non-hydrogen) atoms. The molecule has 1 N–H and O–H groups in total. The van der Waals surface area contributed by atoms with Crippen molar-refractivity contribution in [2.24, 2.45) is 5.92 Å². The predicted octanol–water partition coefficient (Wildman–Crippen LogP) is 2.11. The normalized spacial score (nSPS) is 23.5. The maximum atomic E-state index is 13.0. The van der Waals surface area contributed by atoms with Gasteiger partial charge in [-0.3, -0.25) is 19.6 Å². The number of hydrogen-bond donors (Lipinski definition) is 1. The number of nitrogens with one attached hydrogen (secondary N) is 1. The van der Waals surface area contributed by atoms with Gasteiger partial charge in [-0.1, -0.05) is 0 Å². The highest BCUT2D eigenvalue weighted by Crippen LogP contribution is 2.34. The first-order chi connectivity index (χ1) is 14.0. The van der Waals surface area contributed by atoms with Crippen molar-refractivity contribution < 1.29 is 18.7 Å². The quantitative estimate of drug-likeness (QED) is 0.853. The van der Waals surface area contributed by atoms with E-state index in [1.807, 2.05) is 13.0 Å². The summed E-state index contributed by atoms with van der Waals surface area (Å²) in [6.07, 6.45) is 3.68. The summed E-state index contributed by atoms with van der Waals surface area (Å²) >= 11 is 0. The molecule has 2 aliphatic heterocycles. The van der Waals surface area contributed by atoms with Crippen molar-refractivity contribution in [2.75, 3.05) is 18.4 Å². The average molecular weight is 398 g/mol. The van der Waals surface area contributed by atoms with Crippen molar-refractivity contribution >= 4 is 17.5 Å². The standard InChI is InChI=1S/C21H23FN4O3/c1-13-17(3-2-7-23-13)25-21(28)18-9-14-6-8-26(12-19(14)29-18)20(27)10-16-5-4-15(22)11-24-16/h2-5,7,11,14,18-19H,6,8-10,12H2,1H3,(H,25,28)/t14-,18?,19-/m0/s1. The highest BCUT2D eigenvalue weighted by Gasteiger charge is 2.42. The van der Waals surface area contributed by atoms with Crippen LogP contribution in [-0.2, 0) is 20.7 Å². The van der Waals surface area contributed by atoms with Crippen LogP contribution in [0.1, 0.15) is 24.2 Å². The van der Waals surface area contributed by atoms with E-state index in [2.05, 4.69) is 15.3 Å². The number of likely N-dealkylation sites (tertiary alicyclic amines) is 1. The monoisotopic (exact) mass is 398 g/mol. The zero-order chi connectivity index (χ0) is 20.4. The molecule has 2 amide bonds. The maximum absolute atomic E-state index is 13.0. The second kappa shape index (κ2) is 8.24. The second-order valence-electron chi connectivity index (χ2n) is 7.56. The van der Waals surface area contributed by atoms with Gasteiger partial charge in [0.1, 0.15) is 11.9 Å². The molecule has 2 saturated heterocycles. The van der Waals surface area contributed by atoms with E-state index in [0.717, 1.165) is 18.3 Å². The zero-order valence-corrected chi connectivity index (χ0v) is 16.2. The molecule has 8 heteroatoms. The van der Waals surface area contributed by atoms with Crippen molar-refractivity contribution in [1.82, 2.24) is 14.9 Å². The topological polar surface area (TPSA) is 84.4 Å². The number of aryl methyl sites for hydroxylation is 1. The third-order valence-corrected chi connectivity index (χ3v) is 5.58. The van der Waals surface area contributed by atoms with E-state index in [1.165, 1.54) is 12.1 Å². The van der Waals surface area contributed by atoms with Crippen LogP contribution in [0.4, 0.5) is 10.1 Å². The van der Waals surface area contributed by atoms with Gasteiger partial charge in [0.25, 0.3) is 5.91 Å². The van der Waals surface area contributed by atoms with Gasteiger partial charge in [0.15, 0.2) is 0 Å². The second-order valence-corrected chi connectivity index (χ2v) is 7.56. The molecule has 4 heterocycles. The Balaban J connectivity index is 1.33. The van der Waals surface area contributed by atoms with Gasteiger partial charge < -0.3 is 15.0 Å². The molecule has 2 aliphatic rings. The van der Waals surface area contributed by atoms with Crippen LogP contribution in [0.15, 0.2) is 36.7 Å². The van der Waals surface area contributed by atoms with Gasteiger partial charge in [-0.25, -0.2) is 4.39 Å². The summed E-state index contributed by atoms with van der Waals surface area (Å²) in [7, 11) is 0. The maximum Gasteiger partial charge on any atom is 0.253 e. The first-order valence-electron chi connectivity index (χ1n) is 9.76. The van der Waals surface area contributed by atoms with Crippen LogP contribution in [0, 0.1) is 18.7 Å². The fourth-order valence-electron chi connectivity index (χ4n) is 3.93. The molecular formula is C21H23FN4O3. The highest BCUT2D eigenvalue weighted by molar-refractivity contribution is 5.94. The fraction of sp³-hybridized carbons (Fsp3) is 0.429. The number of hydrogen-bond acceptors (Lipinski definition) is 5. The van der Waals surface area contributed by atoms with Gasteiger partial charge in [0.2, 0.25) is 5.91 Å². The summed E-state index contributed by atoms with van der Waals surface area (Å²) in [5.74, 6) is -0.408. The van der Waals surface area contributed by atoms with Gasteiger partial charge in [-0.15, -0.1) is 0 Å². The number of carbonyl (C=O) groups is 2. The van der Waals surface area contributed by atoms with Crippen molar-refractivity contribution in [3.63, 3.8) is 0 Å². The van der Waals surface area contributed by atoms with Crippen molar-refractivity contribution in [1.29, 1.82) is 0 Å². The number of nitrogens with zero attached hydrogens (tertiary/aromatic N) is 3. The Kier molecular flexibility index (Phi) is 5.53. The molecule has 0 spiro atoms. The van der Waals surface area contributed by atoms with Crippen LogP contribution < -0.4 is 5.32 Å². The number of carbonyl (C=O) groups excluding carboxylic acids is 2. The SMILES string of the molecule is Cc1ncccc1NC(=O)C1C[C@@H]2CCN(C(=O)Cc3ccc(F)cn3)C[C@@H]2O1. The number of piperidine rings is 1.